The molecule has 0 spiro atoms. The number of hydrogen-bond acceptors (Lipinski definition) is 12. The predicted molar refractivity (Wildman–Crippen MR) is 158 cm³/mol. The van der Waals surface area contributed by atoms with Gasteiger partial charge in [0.15, 0.2) is 50.4 Å². The minimum Gasteiger partial charge on any atom is -0.493 e. The molecule has 2 N–H and O–H groups in total. The number of aliphatic carboxylic acids is 2. The Morgan fingerprint density at radius 2 is 1.29 bits per heavy atom. The maximum atomic E-state index is 15.4. The molecule has 0 aliphatic carbocycles. The lowest BCUT2D eigenvalue weighted by Crippen LogP contribution is -2.28. The van der Waals surface area contributed by atoms with Crippen molar-refractivity contribution in [3.63, 3.8) is 0 Å². The van der Waals surface area contributed by atoms with E-state index in [1.807, 2.05) is 0 Å². The predicted octanol–water partition coefficient (Wildman–Crippen LogP) is 4.64. The summed E-state index contributed by atoms with van der Waals surface area (Å²) in [6.07, 6.45) is -0.747. The fourth-order valence-electron chi connectivity index (χ4n) is 4.02. The number of nitrogens with zero attached hydrogens (tertiary/aromatic N) is 3. The van der Waals surface area contributed by atoms with Gasteiger partial charge in [-0.1, -0.05) is 0 Å². The van der Waals surface area contributed by atoms with Gasteiger partial charge in [-0.05, 0) is 0 Å². The highest BCUT2D eigenvalue weighted by Crippen LogP contribution is 2.40. The number of carboxylic acid groups (broad SMARTS) is 2. The summed E-state index contributed by atoms with van der Waals surface area (Å²) < 4.78 is 53.2. The Labute approximate surface area is 261 Å². The molecule has 0 bridgehead atoms. The van der Waals surface area contributed by atoms with E-state index in [2.05, 4.69) is 9.97 Å². The molecule has 17 heteroatoms. The van der Waals surface area contributed by atoms with E-state index in [0.29, 0.717) is 9.40 Å². The largest absolute Gasteiger partial charge is 0.493 e. The topological polar surface area (TPSA) is 175 Å². The molecule has 4 aromatic rings. The van der Waals surface area contributed by atoms with Gasteiger partial charge in [-0.25, -0.2) is 18.7 Å². The van der Waals surface area contributed by atoms with E-state index >= 15 is 8.78 Å². The number of halogens is 2. The second kappa shape index (κ2) is 14.4. The number of ether oxygens (including phenoxy) is 4. The second-order valence-corrected chi connectivity index (χ2v) is 11.5. The molecule has 4 rings (SSSR count). The lowest BCUT2D eigenvalue weighted by Gasteiger charge is -2.14. The molecule has 0 aliphatic heterocycles. The quantitative estimate of drug-likeness (QED) is 0.125. The van der Waals surface area contributed by atoms with E-state index in [-0.39, 0.29) is 89.5 Å². The van der Waals surface area contributed by atoms with Gasteiger partial charge >= 0.3 is 11.9 Å². The zero-order chi connectivity index (χ0) is 32.8. The summed E-state index contributed by atoms with van der Waals surface area (Å²) in [6.45, 7) is -0.218. The van der Waals surface area contributed by atoms with Crippen molar-refractivity contribution in [2.24, 2.45) is 0 Å². The maximum Gasteiger partial charge on any atom is 0.305 e. The van der Waals surface area contributed by atoms with Crippen molar-refractivity contribution in [2.75, 3.05) is 41.0 Å². The summed E-state index contributed by atoms with van der Waals surface area (Å²) in [5, 5.41) is 17.6. The number of ketones is 1. The number of carbonyl (C=O) groups is 4. The average Bonchev–Trinajstić information content (AvgIpc) is 3.64. The summed E-state index contributed by atoms with van der Waals surface area (Å²) >= 11 is 1.83. The number of rotatable bonds is 16. The molecule has 0 radical (unpaired) electrons. The van der Waals surface area contributed by atoms with Crippen LogP contribution in [0.1, 0.15) is 45.3 Å². The normalized spacial score (nSPS) is 11.0. The van der Waals surface area contributed by atoms with Crippen LogP contribution in [0, 0.1) is 11.6 Å². The number of methoxy groups -OCH3 is 2. The molecule has 2 aromatic heterocycles. The van der Waals surface area contributed by atoms with Crippen molar-refractivity contribution >= 4 is 66.7 Å². The third-order valence-corrected chi connectivity index (χ3v) is 8.34. The molecule has 2 heterocycles. The number of thiazole rings is 2. The summed E-state index contributed by atoms with van der Waals surface area (Å²) in [5.74, 6) is -5.40. The van der Waals surface area contributed by atoms with Gasteiger partial charge in [0.2, 0.25) is 0 Å². The molecule has 13 nitrogen and oxygen atoms in total. The van der Waals surface area contributed by atoms with Crippen LogP contribution in [0.4, 0.5) is 8.78 Å². The van der Waals surface area contributed by atoms with E-state index in [9.17, 15) is 19.2 Å². The summed E-state index contributed by atoms with van der Waals surface area (Å²) in [7, 11) is 4.05. The summed E-state index contributed by atoms with van der Waals surface area (Å²) in [4.78, 5) is 55.9. The van der Waals surface area contributed by atoms with Gasteiger partial charge in [0, 0.05) is 38.6 Å². The van der Waals surface area contributed by atoms with Gasteiger partial charge in [-0.15, -0.1) is 22.7 Å². The van der Waals surface area contributed by atoms with Crippen LogP contribution in [0.15, 0.2) is 12.1 Å². The van der Waals surface area contributed by atoms with Gasteiger partial charge in [0.1, 0.15) is 11.0 Å². The van der Waals surface area contributed by atoms with Gasteiger partial charge in [-0.3, -0.25) is 19.2 Å². The first-order valence-electron chi connectivity index (χ1n) is 13.3. The van der Waals surface area contributed by atoms with Crippen molar-refractivity contribution in [2.45, 2.75) is 25.7 Å². The van der Waals surface area contributed by atoms with Crippen LogP contribution in [-0.2, 0) is 9.59 Å². The fourth-order valence-corrected chi connectivity index (χ4v) is 5.97. The van der Waals surface area contributed by atoms with Crippen LogP contribution in [0.25, 0.3) is 20.4 Å². The number of amides is 1. The third kappa shape index (κ3) is 7.54. The van der Waals surface area contributed by atoms with Crippen LogP contribution in [0.5, 0.6) is 23.0 Å². The number of Topliss-reactive ketones (excluding diaryl/α,β-unsaturated/α-hetero) is 1. The molecule has 0 fully saturated rings. The molecular formula is C28H27F2N3O10S2. The number of aromatic nitrogens is 2. The van der Waals surface area contributed by atoms with Crippen LogP contribution >= 0.6 is 22.7 Å². The maximum absolute atomic E-state index is 15.4. The lowest BCUT2D eigenvalue weighted by molar-refractivity contribution is -0.138. The van der Waals surface area contributed by atoms with Crippen molar-refractivity contribution in [3.8, 4) is 23.0 Å². The van der Waals surface area contributed by atoms with Crippen LogP contribution in [-0.4, -0.2) is 89.7 Å². The molecule has 1 amide bonds. The third-order valence-electron chi connectivity index (χ3n) is 6.31. The van der Waals surface area contributed by atoms with Gasteiger partial charge < -0.3 is 34.1 Å². The van der Waals surface area contributed by atoms with Crippen LogP contribution in [0.3, 0.4) is 0 Å². The average molecular weight is 668 g/mol. The highest BCUT2D eigenvalue weighted by molar-refractivity contribution is 7.20. The Morgan fingerprint density at radius 1 is 0.800 bits per heavy atom. The van der Waals surface area contributed by atoms with E-state index < -0.39 is 35.3 Å². The molecular weight excluding hydrogens is 640 g/mol. The second-order valence-electron chi connectivity index (χ2n) is 9.41. The van der Waals surface area contributed by atoms with Crippen molar-refractivity contribution < 1.29 is 57.1 Å². The van der Waals surface area contributed by atoms with E-state index in [1.54, 1.807) is 0 Å². The molecule has 2 aromatic carbocycles. The number of benzene rings is 2. The number of carbonyl (C=O) groups excluding carboxylic acids is 2. The Balaban J connectivity index is 1.43. The van der Waals surface area contributed by atoms with E-state index in [1.165, 1.54) is 38.3 Å². The highest BCUT2D eigenvalue weighted by Gasteiger charge is 2.25. The van der Waals surface area contributed by atoms with Gasteiger partial charge in [-0.2, -0.15) is 0 Å². The Morgan fingerprint density at radius 3 is 1.78 bits per heavy atom. The molecule has 0 atom stereocenters. The molecule has 0 saturated heterocycles. The standard InChI is InChI=1S/C28H27F2N3O10S2/c1-33(8-7-19(37)38)28(39)27-32-23-17(45-27)12-15(41-3)25(21(23)30)43-10-4-9-42-24-14(40-2)11-16-22(20(24)29)31-26(44-16)13(34)5-6-18(35)36/h11-12H,4-10H2,1-3H3,(H,35,36)(H,37,38). The minimum absolute atomic E-state index is 0.0332. The number of carboxylic acids is 2. The first-order chi connectivity index (χ1) is 21.4. The summed E-state index contributed by atoms with van der Waals surface area (Å²) in [5.41, 5.74) is -0.244. The monoisotopic (exact) mass is 667 g/mol. The van der Waals surface area contributed by atoms with Crippen LogP contribution in [0.2, 0.25) is 0 Å². The molecule has 240 valence electrons. The van der Waals surface area contributed by atoms with Gasteiger partial charge in [0.25, 0.3) is 5.91 Å². The summed E-state index contributed by atoms with van der Waals surface area (Å²) in [6, 6.07) is 2.93. The number of fused-ring (bicyclic) bond motifs is 2. The van der Waals surface area contributed by atoms with Gasteiger partial charge in [0.05, 0.1) is 49.7 Å². The first kappa shape index (κ1) is 33.3. The van der Waals surface area contributed by atoms with Crippen molar-refractivity contribution in [3.05, 3.63) is 33.8 Å². The first-order valence-corrected chi connectivity index (χ1v) is 14.9. The van der Waals surface area contributed by atoms with Crippen molar-refractivity contribution in [1.82, 2.24) is 14.9 Å². The van der Waals surface area contributed by atoms with Crippen molar-refractivity contribution in [1.29, 1.82) is 0 Å². The Kier molecular flexibility index (Phi) is 10.7. The Hall–Kier alpha value is -4.64. The SMILES string of the molecule is COc1cc2sc(C(=O)CCC(=O)O)nc2c(F)c1OCCCOc1c(OC)cc2sc(C(=O)N(C)CCC(=O)O)nc2c1F. The Bertz CT molecular complexity index is 1770. The molecule has 0 unspecified atom stereocenters. The van der Waals surface area contributed by atoms with E-state index in [0.717, 1.165) is 22.7 Å². The van der Waals surface area contributed by atoms with E-state index in [4.69, 9.17) is 29.2 Å². The molecule has 0 aliphatic rings. The fraction of sp³-hybridized carbons (Fsp3) is 0.357. The number of hydrogen-bond donors (Lipinski definition) is 2. The zero-order valence-corrected chi connectivity index (χ0v) is 25.8. The highest BCUT2D eigenvalue weighted by atomic mass is 32.1. The smallest absolute Gasteiger partial charge is 0.305 e. The van der Waals surface area contributed by atoms with Crippen LogP contribution < -0.4 is 18.9 Å². The molecule has 0 saturated carbocycles. The zero-order valence-electron chi connectivity index (χ0n) is 24.2. The minimum atomic E-state index is -1.14. The lowest BCUT2D eigenvalue weighted by atomic mass is 10.2. The molecule has 45 heavy (non-hydrogen) atoms.